The Labute approximate surface area is 160 Å². The van der Waals surface area contributed by atoms with Gasteiger partial charge in [0.2, 0.25) is 0 Å². The van der Waals surface area contributed by atoms with Crippen LogP contribution in [-0.4, -0.2) is 59.9 Å². The number of rotatable bonds is 7. The highest BCUT2D eigenvalue weighted by atomic mass is 16.6. The Hall–Kier alpha value is -1.49. The molecule has 1 aliphatic heterocycles. The Morgan fingerprint density at radius 1 is 1.31 bits per heavy atom. The molecule has 1 atom stereocenters. The lowest BCUT2D eigenvalue weighted by Gasteiger charge is -2.33. The van der Waals surface area contributed by atoms with Gasteiger partial charge in [0.1, 0.15) is 5.60 Å². The lowest BCUT2D eigenvalue weighted by Crippen LogP contribution is -2.39. The predicted molar refractivity (Wildman–Crippen MR) is 109 cm³/mol. The van der Waals surface area contributed by atoms with Crippen LogP contribution in [0.15, 0.2) is 23.9 Å². The highest BCUT2D eigenvalue weighted by Crippen LogP contribution is 2.31. The van der Waals surface area contributed by atoms with Crippen LogP contribution in [0.1, 0.15) is 61.3 Å². The molecule has 1 heterocycles. The van der Waals surface area contributed by atoms with E-state index in [-0.39, 0.29) is 18.1 Å². The third-order valence-electron chi connectivity index (χ3n) is 4.14. The van der Waals surface area contributed by atoms with Crippen molar-refractivity contribution in [3.63, 3.8) is 0 Å². The van der Waals surface area contributed by atoms with Gasteiger partial charge in [-0.1, -0.05) is 32.9 Å². The first-order valence-corrected chi connectivity index (χ1v) is 9.75. The average Bonchev–Trinajstić information content (AvgIpc) is 2.55. The molecule has 152 valence electrons. The molecule has 1 rings (SSSR count). The summed E-state index contributed by atoms with van der Waals surface area (Å²) in [5.41, 5.74) is 0.456. The highest BCUT2D eigenvalue weighted by Gasteiger charge is 2.28. The van der Waals surface area contributed by atoms with E-state index in [9.17, 15) is 9.90 Å². The van der Waals surface area contributed by atoms with Crippen molar-refractivity contribution in [2.45, 2.75) is 66.9 Å². The van der Waals surface area contributed by atoms with Gasteiger partial charge in [-0.2, -0.15) is 0 Å². The van der Waals surface area contributed by atoms with E-state index in [0.29, 0.717) is 13.1 Å². The topological polar surface area (TPSA) is 53.0 Å². The number of hydrogen-bond donors (Lipinski definition) is 1. The van der Waals surface area contributed by atoms with Gasteiger partial charge in [-0.15, -0.1) is 0 Å². The van der Waals surface area contributed by atoms with Crippen molar-refractivity contribution < 1.29 is 14.6 Å². The van der Waals surface area contributed by atoms with Crippen LogP contribution >= 0.6 is 0 Å². The Balaban J connectivity index is 0.00000301. The predicted octanol–water partition coefficient (Wildman–Crippen LogP) is 4.43. The quantitative estimate of drug-likeness (QED) is 0.722. The molecule has 0 bridgehead atoms. The summed E-state index contributed by atoms with van der Waals surface area (Å²) in [6.45, 7) is 15.8. The molecule has 0 saturated heterocycles. The van der Waals surface area contributed by atoms with Gasteiger partial charge in [0.25, 0.3) is 0 Å². The Morgan fingerprint density at radius 3 is 2.38 bits per heavy atom. The van der Waals surface area contributed by atoms with Gasteiger partial charge in [-0.25, -0.2) is 4.79 Å². The van der Waals surface area contributed by atoms with E-state index in [1.807, 2.05) is 48.6 Å². The Bertz CT molecular complexity index is 480. The maximum atomic E-state index is 12.2. The number of nitrogens with zero attached hydrogens (tertiary/aromatic N) is 2. The van der Waals surface area contributed by atoms with Gasteiger partial charge in [0.15, 0.2) is 0 Å². The summed E-state index contributed by atoms with van der Waals surface area (Å²) in [6, 6.07) is 0. The number of likely N-dealkylation sites (N-methyl/N-ethyl adjacent to an activating group) is 1. The second kappa shape index (κ2) is 11.3. The fourth-order valence-corrected chi connectivity index (χ4v) is 2.68. The van der Waals surface area contributed by atoms with Crippen molar-refractivity contribution in [1.29, 1.82) is 0 Å². The third kappa shape index (κ3) is 9.27. The van der Waals surface area contributed by atoms with Crippen LogP contribution < -0.4 is 0 Å². The Morgan fingerprint density at radius 2 is 1.92 bits per heavy atom. The molecule has 5 heteroatoms. The summed E-state index contributed by atoms with van der Waals surface area (Å²) < 4.78 is 5.45. The summed E-state index contributed by atoms with van der Waals surface area (Å²) in [5.74, 6) is 0. The maximum Gasteiger partial charge on any atom is 0.410 e. The van der Waals surface area contributed by atoms with Crippen molar-refractivity contribution in [3.05, 3.63) is 23.9 Å². The van der Waals surface area contributed by atoms with E-state index >= 15 is 0 Å². The number of aliphatic hydroxyl groups is 1. The van der Waals surface area contributed by atoms with Crippen molar-refractivity contribution in [3.8, 4) is 0 Å². The third-order valence-corrected chi connectivity index (χ3v) is 4.14. The van der Waals surface area contributed by atoms with Crippen LogP contribution in [-0.2, 0) is 4.74 Å². The van der Waals surface area contributed by atoms with Crippen LogP contribution in [0.4, 0.5) is 4.79 Å². The second-order valence-electron chi connectivity index (χ2n) is 8.00. The van der Waals surface area contributed by atoms with E-state index in [0.717, 1.165) is 19.4 Å². The van der Waals surface area contributed by atoms with Gasteiger partial charge in [0.05, 0.1) is 0 Å². The van der Waals surface area contributed by atoms with Crippen LogP contribution in [0.2, 0.25) is 0 Å². The van der Waals surface area contributed by atoms with E-state index in [1.54, 1.807) is 4.90 Å². The van der Waals surface area contributed by atoms with Crippen molar-refractivity contribution in [2.24, 2.45) is 5.41 Å². The maximum absolute atomic E-state index is 12.2. The number of carbonyl (C=O) groups excluding carboxylic acids is 1. The zero-order chi connectivity index (χ0) is 20.4. The second-order valence-corrected chi connectivity index (χ2v) is 8.00. The minimum atomic E-state index is -0.493. The van der Waals surface area contributed by atoms with Gasteiger partial charge in [-0.05, 0) is 51.5 Å². The van der Waals surface area contributed by atoms with Crippen molar-refractivity contribution >= 4 is 6.09 Å². The van der Waals surface area contributed by atoms with E-state index < -0.39 is 5.60 Å². The lowest BCUT2D eigenvalue weighted by molar-refractivity contribution is 0.0218. The van der Waals surface area contributed by atoms with Crippen LogP contribution in [0.3, 0.4) is 0 Å². The standard InChI is InChI=1S/C19H34N2O3.C2H6/c1-7-21(17(23)24-18(2,3)4)12-10-19(5,15-22)13-16-9-8-11-20(6)14-16;1-2/h8-9,14,22H,7,10-13,15H2,1-6H3;1-2H3. The first kappa shape index (κ1) is 24.5. The summed E-state index contributed by atoms with van der Waals surface area (Å²) in [7, 11) is 2.04. The van der Waals surface area contributed by atoms with Crippen molar-refractivity contribution in [2.75, 3.05) is 33.3 Å². The van der Waals surface area contributed by atoms with E-state index in [4.69, 9.17) is 4.74 Å². The number of aliphatic hydroxyl groups excluding tert-OH is 1. The fraction of sp³-hybridized carbons (Fsp3) is 0.762. The first-order chi connectivity index (χ1) is 12.1. The fourth-order valence-electron chi connectivity index (χ4n) is 2.68. The molecule has 0 aliphatic carbocycles. The number of carbonyl (C=O) groups is 1. The molecule has 5 nitrogen and oxygen atoms in total. The molecule has 0 aromatic heterocycles. The van der Waals surface area contributed by atoms with Gasteiger partial charge in [-0.3, -0.25) is 0 Å². The van der Waals surface area contributed by atoms with Crippen LogP contribution in [0, 0.1) is 5.41 Å². The summed E-state index contributed by atoms with van der Waals surface area (Å²) in [6.07, 6.45) is 7.61. The zero-order valence-corrected chi connectivity index (χ0v) is 18.1. The number of amides is 1. The summed E-state index contributed by atoms with van der Waals surface area (Å²) in [5, 5.41) is 9.89. The molecule has 1 amide bonds. The molecule has 0 saturated carbocycles. The monoisotopic (exact) mass is 368 g/mol. The van der Waals surface area contributed by atoms with Crippen LogP contribution in [0.25, 0.3) is 0 Å². The van der Waals surface area contributed by atoms with Gasteiger partial charge in [0, 0.05) is 39.5 Å². The minimum Gasteiger partial charge on any atom is -0.444 e. The number of ether oxygens (including phenoxy) is 1. The summed E-state index contributed by atoms with van der Waals surface area (Å²) in [4.78, 5) is 16.1. The first-order valence-electron chi connectivity index (χ1n) is 9.75. The average molecular weight is 369 g/mol. The van der Waals surface area contributed by atoms with Crippen LogP contribution in [0.5, 0.6) is 0 Å². The molecule has 1 unspecified atom stereocenters. The molecule has 0 radical (unpaired) electrons. The molecule has 1 aliphatic rings. The summed E-state index contributed by atoms with van der Waals surface area (Å²) >= 11 is 0. The smallest absolute Gasteiger partial charge is 0.410 e. The zero-order valence-electron chi connectivity index (χ0n) is 18.1. The Kier molecular flexibility index (Phi) is 10.6. The van der Waals surface area contributed by atoms with Gasteiger partial charge < -0.3 is 19.6 Å². The molecule has 0 aromatic carbocycles. The largest absolute Gasteiger partial charge is 0.444 e. The molecule has 0 fully saturated rings. The number of allylic oxidation sites excluding steroid dienone is 2. The molecule has 0 spiro atoms. The van der Waals surface area contributed by atoms with E-state index in [2.05, 4.69) is 30.2 Å². The molecular weight excluding hydrogens is 328 g/mol. The van der Waals surface area contributed by atoms with Gasteiger partial charge >= 0.3 is 6.09 Å². The van der Waals surface area contributed by atoms with E-state index in [1.165, 1.54) is 5.57 Å². The highest BCUT2D eigenvalue weighted by molar-refractivity contribution is 5.68. The molecule has 1 N–H and O–H groups in total. The normalized spacial score (nSPS) is 16.2. The molecule has 0 aromatic rings. The molecular formula is C21H40N2O3. The number of hydrogen-bond acceptors (Lipinski definition) is 4. The lowest BCUT2D eigenvalue weighted by atomic mass is 9.80. The SMILES string of the molecule is CC.CCN(CCC(C)(CO)CC1=CN(C)CC=C1)C(=O)OC(C)(C)C. The molecule has 26 heavy (non-hydrogen) atoms. The van der Waals surface area contributed by atoms with Crippen molar-refractivity contribution in [1.82, 2.24) is 9.80 Å². The minimum absolute atomic E-state index is 0.0910.